The fourth-order valence-electron chi connectivity index (χ4n) is 2.11. The van der Waals surface area contributed by atoms with Crippen LogP contribution in [-0.2, 0) is 4.79 Å². The van der Waals surface area contributed by atoms with Gasteiger partial charge in [0, 0.05) is 0 Å². The average Bonchev–Trinajstić information content (AvgIpc) is 2.16. The van der Waals surface area contributed by atoms with Crippen molar-refractivity contribution < 1.29 is 19.5 Å². The molecule has 1 fully saturated rings. The van der Waals surface area contributed by atoms with E-state index in [0.717, 1.165) is 25.7 Å². The molecule has 1 aliphatic carbocycles. The molecule has 15 heavy (non-hydrogen) atoms. The molecule has 6 heteroatoms. The molecular weight excluding hydrogens is 217 g/mol. The van der Waals surface area contributed by atoms with Crippen molar-refractivity contribution in [2.45, 2.75) is 44.6 Å². The van der Waals surface area contributed by atoms with Gasteiger partial charge in [0.05, 0.1) is 0 Å². The number of carbonyl (C=O) groups is 1. The molecule has 88 valence electrons. The van der Waals surface area contributed by atoms with E-state index in [1.807, 2.05) is 0 Å². The zero-order valence-corrected chi connectivity index (χ0v) is 9.57. The molecule has 1 saturated carbocycles. The summed E-state index contributed by atoms with van der Waals surface area (Å²) in [4.78, 5) is 37.5. The fraction of sp³-hybridized carbons (Fsp3) is 0.889. The molecule has 0 radical (unpaired) electrons. The molecule has 0 unspecified atom stereocenters. The molecule has 0 spiro atoms. The van der Waals surface area contributed by atoms with Crippen molar-refractivity contribution in [3.8, 4) is 0 Å². The molecule has 1 aliphatic rings. The van der Waals surface area contributed by atoms with Crippen LogP contribution in [0.1, 0.15) is 38.5 Å². The smallest absolute Gasteiger partial charge is 0.318 e. The van der Waals surface area contributed by atoms with E-state index >= 15 is 0 Å². The zero-order chi connectivity index (χ0) is 11.5. The van der Waals surface area contributed by atoms with Crippen LogP contribution in [-0.4, -0.2) is 26.2 Å². The van der Waals surface area contributed by atoms with Crippen LogP contribution in [0.15, 0.2) is 0 Å². The van der Waals surface area contributed by atoms with Crippen LogP contribution in [0, 0.1) is 5.92 Å². The summed E-state index contributed by atoms with van der Waals surface area (Å²) in [6, 6.07) is -0.943. The van der Waals surface area contributed by atoms with Crippen molar-refractivity contribution in [2.75, 3.05) is 0 Å². The first-order valence-corrected chi connectivity index (χ1v) is 6.93. The topological polar surface area (TPSA) is 104 Å². The van der Waals surface area contributed by atoms with E-state index in [1.54, 1.807) is 0 Å². The van der Waals surface area contributed by atoms with E-state index in [9.17, 15) is 4.79 Å². The Morgan fingerprint density at radius 2 is 1.80 bits per heavy atom. The molecule has 5 N–H and O–H groups in total. The van der Waals surface area contributed by atoms with Crippen molar-refractivity contribution in [3.05, 3.63) is 0 Å². The molecule has 0 amide bonds. The summed E-state index contributed by atoms with van der Waals surface area (Å²) in [6.07, 6.45) is 6.02. The van der Waals surface area contributed by atoms with E-state index in [4.69, 9.17) is 20.4 Å². The second-order valence-electron chi connectivity index (χ2n) is 4.25. The van der Waals surface area contributed by atoms with Crippen LogP contribution in [0.5, 0.6) is 0 Å². The van der Waals surface area contributed by atoms with Gasteiger partial charge in [0.1, 0.15) is 6.04 Å². The van der Waals surface area contributed by atoms with Gasteiger partial charge < -0.3 is 5.73 Å². The number of hydrogen-bond donors (Lipinski definition) is 4. The van der Waals surface area contributed by atoms with Crippen LogP contribution < -0.4 is 5.73 Å². The highest BCUT2D eigenvalue weighted by Gasteiger charge is 2.46. The minimum Gasteiger partial charge on any atom is -0.318 e. The standard InChI is InChI=1S/C9H19NO4P/c10-8(9(11)15(12,13)14)6-7-4-2-1-3-5-7/h7-8,12-14H,1-6,10H2/q+1/t8-/m0/s1. The summed E-state index contributed by atoms with van der Waals surface area (Å²) in [6.45, 7) is 0. The largest absolute Gasteiger partial charge is 0.480 e. The lowest BCUT2D eigenvalue weighted by atomic mass is 9.85. The first-order chi connectivity index (χ1) is 6.91. The van der Waals surface area contributed by atoms with Gasteiger partial charge in [0.15, 0.2) is 0 Å². The van der Waals surface area contributed by atoms with E-state index in [0.29, 0.717) is 12.3 Å². The van der Waals surface area contributed by atoms with Gasteiger partial charge >= 0.3 is 13.5 Å². The Labute approximate surface area is 89.9 Å². The monoisotopic (exact) mass is 236 g/mol. The Hall–Kier alpha value is -0.0600. The Balaban J connectivity index is 2.40. The summed E-state index contributed by atoms with van der Waals surface area (Å²) in [5, 5.41) is 0. The lowest BCUT2D eigenvalue weighted by Crippen LogP contribution is -2.34. The fourth-order valence-corrected chi connectivity index (χ4v) is 2.66. The predicted molar refractivity (Wildman–Crippen MR) is 57.8 cm³/mol. The molecule has 0 saturated heterocycles. The third-order valence-corrected chi connectivity index (χ3v) is 3.85. The van der Waals surface area contributed by atoms with Gasteiger partial charge in [-0.2, -0.15) is 14.7 Å². The third kappa shape index (κ3) is 4.13. The maximum absolute atomic E-state index is 11.2. The summed E-state index contributed by atoms with van der Waals surface area (Å²) in [5.41, 5.74) is 4.53. The Kier molecular flexibility index (Phi) is 4.62. The van der Waals surface area contributed by atoms with Gasteiger partial charge in [0.2, 0.25) is 0 Å². The molecule has 0 aliphatic heterocycles. The minimum atomic E-state index is -4.39. The van der Waals surface area contributed by atoms with Gasteiger partial charge in [0.25, 0.3) is 0 Å². The van der Waals surface area contributed by atoms with Gasteiger partial charge in [-0.05, 0) is 12.3 Å². The Morgan fingerprint density at radius 1 is 1.27 bits per heavy atom. The van der Waals surface area contributed by atoms with Crippen LogP contribution in [0.25, 0.3) is 0 Å². The quantitative estimate of drug-likeness (QED) is 0.534. The maximum Gasteiger partial charge on any atom is 0.480 e. The summed E-state index contributed by atoms with van der Waals surface area (Å²) in [7, 11) is -4.39. The molecule has 1 atom stereocenters. The van der Waals surface area contributed by atoms with Crippen molar-refractivity contribution in [1.82, 2.24) is 0 Å². The van der Waals surface area contributed by atoms with Crippen molar-refractivity contribution >= 4 is 13.5 Å². The summed E-state index contributed by atoms with van der Waals surface area (Å²) in [5.74, 6) is 0.379. The lowest BCUT2D eigenvalue weighted by molar-refractivity contribution is -0.115. The molecule has 1 rings (SSSR count). The first kappa shape index (κ1) is 13.0. The lowest BCUT2D eigenvalue weighted by Gasteiger charge is -2.23. The van der Waals surface area contributed by atoms with Crippen molar-refractivity contribution in [1.29, 1.82) is 0 Å². The molecular formula is C9H19NO4P+. The number of rotatable bonds is 4. The predicted octanol–water partition coefficient (Wildman–Crippen LogP) is 0.550. The average molecular weight is 236 g/mol. The summed E-state index contributed by atoms with van der Waals surface area (Å²) < 4.78 is 0. The SMILES string of the molecule is N[C@@H](CC1CCCCC1)C(=O)[P+](O)(O)O. The van der Waals surface area contributed by atoms with Gasteiger partial charge in [-0.15, -0.1) is 0 Å². The highest BCUT2D eigenvalue weighted by atomic mass is 31.2. The molecule has 0 bridgehead atoms. The zero-order valence-electron chi connectivity index (χ0n) is 8.67. The Bertz CT molecular complexity index is 223. The van der Waals surface area contributed by atoms with Gasteiger partial charge in [-0.3, -0.25) is 0 Å². The molecule has 5 nitrogen and oxygen atoms in total. The maximum atomic E-state index is 11.2. The third-order valence-electron chi connectivity index (χ3n) is 2.92. The van der Waals surface area contributed by atoms with E-state index in [2.05, 4.69) is 0 Å². The minimum absolute atomic E-state index is 0.379. The van der Waals surface area contributed by atoms with E-state index in [1.165, 1.54) is 6.42 Å². The highest BCUT2D eigenvalue weighted by molar-refractivity contribution is 7.76. The second kappa shape index (κ2) is 5.32. The Morgan fingerprint density at radius 3 is 2.27 bits per heavy atom. The van der Waals surface area contributed by atoms with Crippen molar-refractivity contribution in [3.63, 3.8) is 0 Å². The van der Waals surface area contributed by atoms with Gasteiger partial charge in [-0.25, -0.2) is 4.79 Å². The molecule has 0 aromatic heterocycles. The van der Waals surface area contributed by atoms with Crippen LogP contribution in [0.4, 0.5) is 0 Å². The van der Waals surface area contributed by atoms with Crippen LogP contribution >= 0.6 is 7.94 Å². The van der Waals surface area contributed by atoms with Crippen LogP contribution in [0.3, 0.4) is 0 Å². The van der Waals surface area contributed by atoms with Crippen molar-refractivity contribution in [2.24, 2.45) is 11.7 Å². The number of carbonyl (C=O) groups excluding carboxylic acids is 1. The normalized spacial score (nSPS) is 21.3. The van der Waals surface area contributed by atoms with E-state index in [-0.39, 0.29) is 0 Å². The molecule has 0 heterocycles. The number of hydrogen-bond acceptors (Lipinski definition) is 5. The molecule has 0 aromatic rings. The van der Waals surface area contributed by atoms with Gasteiger partial charge in [-0.1, -0.05) is 32.1 Å². The first-order valence-electron chi connectivity index (χ1n) is 5.28. The molecule has 0 aromatic carbocycles. The van der Waals surface area contributed by atoms with Crippen LogP contribution in [0.2, 0.25) is 0 Å². The van der Waals surface area contributed by atoms with E-state index < -0.39 is 19.5 Å². The highest BCUT2D eigenvalue weighted by Crippen LogP contribution is 2.47. The second-order valence-corrected chi connectivity index (χ2v) is 5.83. The number of nitrogens with two attached hydrogens (primary N) is 1. The summed E-state index contributed by atoms with van der Waals surface area (Å²) >= 11 is 0.